The third kappa shape index (κ3) is 30.0. The number of rotatable bonds is 22. The minimum atomic E-state index is -2.08. The van der Waals surface area contributed by atoms with Crippen molar-refractivity contribution in [3.8, 4) is 0 Å². The van der Waals surface area contributed by atoms with Crippen molar-refractivity contribution in [1.82, 2.24) is 0 Å². The number of hydrogen-bond donors (Lipinski definition) is 4. The van der Waals surface area contributed by atoms with Gasteiger partial charge in [0.1, 0.15) is 11.6 Å². The molecule has 0 saturated carbocycles. The van der Waals surface area contributed by atoms with Crippen molar-refractivity contribution in [2.75, 3.05) is 10.6 Å². The fourth-order valence-electron chi connectivity index (χ4n) is 5.27. The molecule has 0 aromatic heterocycles. The number of carbonyl (C=O) groups excluding carboxylic acids is 4. The van der Waals surface area contributed by atoms with E-state index in [-0.39, 0.29) is 28.9 Å². The standard InChI is InChI=1S/C19H31Cl2NO2Si2.C19H33NO4Si2.H2O/c1-25(2,20)13-5-7-18(23)15-16-9-11-17(12-10-16)22-19(24)8-6-14-26(3,4)21;1-25(2,23)13-5-7-18(21)15-16-9-11-17(12-10-16)20-19(22)8-6-14-26(3,4)24;/h9-12H,5-8,13-15H2,1-4H3,(H,22,24);9-12,23-24H,5-8,13-15H2,1-4H3,(H,20,22);1H2. The van der Waals surface area contributed by atoms with Gasteiger partial charge in [-0.25, -0.2) is 0 Å². The second-order valence-electron chi connectivity index (χ2n) is 16.4. The molecule has 0 heterocycles. The van der Waals surface area contributed by atoms with Crippen molar-refractivity contribution in [1.29, 1.82) is 0 Å². The lowest BCUT2D eigenvalue weighted by Crippen LogP contribution is -2.25. The highest BCUT2D eigenvalue weighted by Crippen LogP contribution is 2.20. The Hall–Kier alpha value is -1.95. The molecule has 0 saturated heterocycles. The van der Waals surface area contributed by atoms with E-state index in [2.05, 4.69) is 36.8 Å². The largest absolute Gasteiger partial charge is 0.432 e. The summed E-state index contributed by atoms with van der Waals surface area (Å²) in [5, 5.41) is 5.74. The van der Waals surface area contributed by atoms with Crippen LogP contribution in [0.15, 0.2) is 48.5 Å². The van der Waals surface area contributed by atoms with E-state index in [4.69, 9.17) is 22.2 Å². The summed E-state index contributed by atoms with van der Waals surface area (Å²) in [5.74, 6) is 0.375. The maximum atomic E-state index is 12.1. The van der Waals surface area contributed by atoms with E-state index >= 15 is 0 Å². The van der Waals surface area contributed by atoms with E-state index in [1.807, 2.05) is 74.7 Å². The first-order chi connectivity index (χ1) is 23.9. The van der Waals surface area contributed by atoms with Gasteiger partial charge in [0, 0.05) is 49.9 Å². The van der Waals surface area contributed by atoms with Crippen molar-refractivity contribution in [3.63, 3.8) is 0 Å². The zero-order chi connectivity index (χ0) is 39.6. The third-order valence-electron chi connectivity index (χ3n) is 8.12. The quantitative estimate of drug-likeness (QED) is 0.0683. The van der Waals surface area contributed by atoms with Crippen LogP contribution in [0.2, 0.25) is 76.6 Å². The summed E-state index contributed by atoms with van der Waals surface area (Å²) >= 11 is 12.5. The molecule has 53 heavy (non-hydrogen) atoms. The number of anilines is 2. The average Bonchev–Trinajstić information content (AvgIpc) is 2.97. The molecular weight excluding hydrogens is 780 g/mol. The Balaban J connectivity index is 0.00000100. The van der Waals surface area contributed by atoms with Crippen LogP contribution in [0.5, 0.6) is 0 Å². The maximum Gasteiger partial charge on any atom is 0.224 e. The minimum Gasteiger partial charge on any atom is -0.432 e. The van der Waals surface area contributed by atoms with Gasteiger partial charge in [0.2, 0.25) is 11.8 Å². The van der Waals surface area contributed by atoms with Gasteiger partial charge >= 0.3 is 0 Å². The van der Waals surface area contributed by atoms with Gasteiger partial charge in [0.05, 0.1) is 0 Å². The summed E-state index contributed by atoms with van der Waals surface area (Å²) in [4.78, 5) is 67.5. The van der Waals surface area contributed by atoms with Gasteiger partial charge in [-0.3, -0.25) is 19.2 Å². The highest BCUT2D eigenvalue weighted by molar-refractivity contribution is 7.19. The molecule has 9 nitrogen and oxygen atoms in total. The Kier molecular flexibility index (Phi) is 23.6. The Morgan fingerprint density at radius 3 is 1.09 bits per heavy atom. The Morgan fingerprint density at radius 1 is 0.509 bits per heavy atom. The van der Waals surface area contributed by atoms with Crippen LogP contribution in [0.3, 0.4) is 0 Å². The molecule has 2 aromatic rings. The van der Waals surface area contributed by atoms with Crippen LogP contribution in [0, 0.1) is 0 Å². The van der Waals surface area contributed by atoms with Crippen LogP contribution in [0.4, 0.5) is 11.4 Å². The number of halogens is 2. The Labute approximate surface area is 332 Å². The summed E-state index contributed by atoms with van der Waals surface area (Å²) in [6.07, 6.45) is 5.94. The van der Waals surface area contributed by atoms with Crippen LogP contribution in [0.25, 0.3) is 0 Å². The SMILES string of the molecule is C[Si](C)(Cl)CCCC(=O)Cc1ccc(NC(=O)CCC[Si](C)(C)Cl)cc1.C[Si](C)(O)CCCC(=O)Cc1ccc(NC(=O)CCC[Si](C)(C)O)cc1.O. The lowest BCUT2D eigenvalue weighted by molar-refractivity contribution is -0.119. The number of benzene rings is 2. The van der Waals surface area contributed by atoms with E-state index in [1.165, 1.54) is 0 Å². The van der Waals surface area contributed by atoms with E-state index in [9.17, 15) is 28.8 Å². The topological polar surface area (TPSA) is 164 Å². The lowest BCUT2D eigenvalue weighted by Gasteiger charge is -2.13. The van der Waals surface area contributed by atoms with Crippen molar-refractivity contribution in [3.05, 3.63) is 59.7 Å². The van der Waals surface area contributed by atoms with Gasteiger partial charge in [0.15, 0.2) is 31.4 Å². The molecule has 2 rings (SSSR count). The lowest BCUT2D eigenvalue weighted by atomic mass is 10.1. The molecule has 0 aliphatic rings. The number of hydrogen-bond acceptors (Lipinski definition) is 6. The van der Waals surface area contributed by atoms with E-state index in [1.54, 1.807) is 0 Å². The van der Waals surface area contributed by atoms with Crippen LogP contribution in [-0.4, -0.2) is 69.9 Å². The minimum absolute atomic E-state index is 0. The van der Waals surface area contributed by atoms with Gasteiger partial charge < -0.3 is 25.7 Å². The molecule has 0 spiro atoms. The van der Waals surface area contributed by atoms with Crippen LogP contribution >= 0.6 is 22.2 Å². The normalized spacial score (nSPS) is 11.8. The van der Waals surface area contributed by atoms with Gasteiger partial charge in [-0.15, -0.1) is 0 Å². The molecule has 0 unspecified atom stereocenters. The molecule has 6 N–H and O–H groups in total. The molecule has 0 aliphatic heterocycles. The predicted molar refractivity (Wildman–Crippen MR) is 233 cm³/mol. The molecular formula is C38H66Cl2N2O7Si4. The summed E-state index contributed by atoms with van der Waals surface area (Å²) in [6.45, 7) is 15.9. The molecule has 0 aliphatic carbocycles. The number of nitrogens with one attached hydrogen (secondary N) is 2. The highest BCUT2D eigenvalue weighted by atomic mass is 35.6. The van der Waals surface area contributed by atoms with Crippen molar-refractivity contribution >= 4 is 88.3 Å². The summed E-state index contributed by atoms with van der Waals surface area (Å²) < 4.78 is 0. The summed E-state index contributed by atoms with van der Waals surface area (Å²) in [6, 6.07) is 18.3. The van der Waals surface area contributed by atoms with Crippen LogP contribution < -0.4 is 10.6 Å². The number of carbonyl (C=O) groups is 4. The van der Waals surface area contributed by atoms with Gasteiger partial charge in [-0.1, -0.05) is 50.5 Å². The number of ketones is 2. The number of Topliss-reactive ketones (excluding diaryl/α,β-unsaturated/α-hetero) is 2. The van der Waals surface area contributed by atoms with Crippen LogP contribution in [-0.2, 0) is 32.0 Å². The number of amides is 2. The molecule has 0 bridgehead atoms. The second kappa shape index (κ2) is 24.5. The molecule has 0 fully saturated rings. The molecule has 2 amide bonds. The van der Waals surface area contributed by atoms with Crippen molar-refractivity contribution < 1.29 is 34.2 Å². The first kappa shape index (κ1) is 51.0. The average molecular weight is 846 g/mol. The van der Waals surface area contributed by atoms with Gasteiger partial charge in [-0.2, -0.15) is 22.2 Å². The van der Waals surface area contributed by atoms with E-state index in [0.29, 0.717) is 44.9 Å². The Morgan fingerprint density at radius 2 is 0.792 bits per heavy atom. The molecule has 15 heteroatoms. The monoisotopic (exact) mass is 844 g/mol. The van der Waals surface area contributed by atoms with Gasteiger partial charge in [-0.05, 0) is 111 Å². The Bertz CT molecular complexity index is 1190. The zero-order valence-electron chi connectivity index (χ0n) is 33.3. The zero-order valence-corrected chi connectivity index (χ0v) is 38.8. The predicted octanol–water partition coefficient (Wildman–Crippen LogP) is 9.05. The molecule has 0 radical (unpaired) electrons. The molecule has 2 aromatic carbocycles. The fourth-order valence-corrected chi connectivity index (χ4v) is 10.2. The van der Waals surface area contributed by atoms with Gasteiger partial charge in [0.25, 0.3) is 0 Å². The molecule has 300 valence electrons. The first-order valence-corrected chi connectivity index (χ1v) is 33.3. The second-order valence-corrected chi connectivity index (χ2v) is 38.7. The first-order valence-electron chi connectivity index (χ1n) is 18.5. The van der Waals surface area contributed by atoms with Crippen molar-refractivity contribution in [2.45, 2.75) is 141 Å². The third-order valence-corrected chi connectivity index (χ3v) is 15.5. The van der Waals surface area contributed by atoms with E-state index in [0.717, 1.165) is 65.9 Å². The van der Waals surface area contributed by atoms with E-state index < -0.39 is 31.4 Å². The highest BCUT2D eigenvalue weighted by Gasteiger charge is 2.19. The summed E-state index contributed by atoms with van der Waals surface area (Å²) in [7, 11) is -7.34. The smallest absolute Gasteiger partial charge is 0.224 e. The maximum absolute atomic E-state index is 12.1. The summed E-state index contributed by atoms with van der Waals surface area (Å²) in [5.41, 5.74) is 3.40. The van der Waals surface area contributed by atoms with Crippen LogP contribution in [0.1, 0.15) is 62.5 Å². The van der Waals surface area contributed by atoms with Crippen molar-refractivity contribution in [2.24, 2.45) is 0 Å². The fraction of sp³-hybridized carbons (Fsp3) is 0.579. The molecule has 0 atom stereocenters.